The first-order chi connectivity index (χ1) is 6.66. The molecular weight excluding hydrogens is 196 g/mol. The lowest BCUT2D eigenvalue weighted by Gasteiger charge is -1.95. The van der Waals surface area contributed by atoms with Crippen LogP contribution >= 0.6 is 11.6 Å². The van der Waals surface area contributed by atoms with Crippen LogP contribution in [0, 0.1) is 13.8 Å². The largest absolute Gasteiger partial charge is 0.461 e. The van der Waals surface area contributed by atoms with Crippen molar-refractivity contribution in [2.24, 2.45) is 0 Å². The van der Waals surface area contributed by atoms with Gasteiger partial charge < -0.3 is 4.42 Å². The van der Waals surface area contributed by atoms with Gasteiger partial charge in [-0.2, -0.15) is 0 Å². The van der Waals surface area contributed by atoms with E-state index in [2.05, 4.69) is 0 Å². The molecule has 0 unspecified atom stereocenters. The molecule has 0 fully saturated rings. The lowest BCUT2D eigenvalue weighted by Crippen LogP contribution is -1.71. The number of halogens is 1. The van der Waals surface area contributed by atoms with Crippen LogP contribution in [0.1, 0.15) is 11.3 Å². The van der Waals surface area contributed by atoms with Gasteiger partial charge >= 0.3 is 0 Å². The minimum atomic E-state index is 0.744. The van der Waals surface area contributed by atoms with Crippen molar-refractivity contribution in [2.45, 2.75) is 13.8 Å². The number of hydrogen-bond acceptors (Lipinski definition) is 1. The Bertz CT molecular complexity index is 420. The van der Waals surface area contributed by atoms with E-state index in [1.54, 1.807) is 0 Å². The number of hydrogen-bond donors (Lipinski definition) is 0. The van der Waals surface area contributed by atoms with Gasteiger partial charge in [0.25, 0.3) is 0 Å². The van der Waals surface area contributed by atoms with Crippen molar-refractivity contribution < 1.29 is 4.42 Å². The predicted molar refractivity (Wildman–Crippen MR) is 58.6 cm³/mol. The topological polar surface area (TPSA) is 13.1 Å². The molecule has 0 N–H and O–H groups in total. The van der Waals surface area contributed by atoms with E-state index in [-0.39, 0.29) is 0 Å². The van der Waals surface area contributed by atoms with Crippen LogP contribution < -0.4 is 0 Å². The highest BCUT2D eigenvalue weighted by Gasteiger charge is 2.05. The van der Waals surface area contributed by atoms with Crippen LogP contribution in [0.5, 0.6) is 0 Å². The number of furan rings is 1. The zero-order valence-electron chi connectivity index (χ0n) is 8.17. The van der Waals surface area contributed by atoms with Gasteiger partial charge in [-0.1, -0.05) is 11.6 Å². The smallest absolute Gasteiger partial charge is 0.134 e. The van der Waals surface area contributed by atoms with Gasteiger partial charge in [-0.15, -0.1) is 0 Å². The summed E-state index contributed by atoms with van der Waals surface area (Å²) in [6.07, 6.45) is 0. The van der Waals surface area contributed by atoms with Crippen LogP contribution in [0.4, 0.5) is 0 Å². The standard InChI is InChI=1S/C12H11ClO/c1-8-7-12(14-9(8)2)10-3-5-11(13)6-4-10/h3-7H,1-2H3. The lowest BCUT2D eigenvalue weighted by molar-refractivity contribution is 0.545. The van der Waals surface area contributed by atoms with Crippen LogP contribution in [0.25, 0.3) is 11.3 Å². The summed E-state index contributed by atoms with van der Waals surface area (Å²) in [5.74, 6) is 1.87. The number of benzene rings is 1. The summed E-state index contributed by atoms with van der Waals surface area (Å²) in [5, 5.41) is 0.744. The molecular formula is C12H11ClO. The van der Waals surface area contributed by atoms with E-state index in [0.717, 1.165) is 22.1 Å². The van der Waals surface area contributed by atoms with Crippen molar-refractivity contribution in [3.8, 4) is 11.3 Å². The Morgan fingerprint density at radius 2 is 1.71 bits per heavy atom. The van der Waals surface area contributed by atoms with Crippen LogP contribution in [-0.4, -0.2) is 0 Å². The molecule has 0 amide bonds. The molecule has 0 saturated heterocycles. The molecule has 0 atom stereocenters. The van der Waals surface area contributed by atoms with Gasteiger partial charge in [0.05, 0.1) is 0 Å². The number of rotatable bonds is 1. The first-order valence-electron chi connectivity index (χ1n) is 4.50. The third kappa shape index (κ3) is 1.68. The van der Waals surface area contributed by atoms with Crippen molar-refractivity contribution in [3.63, 3.8) is 0 Å². The van der Waals surface area contributed by atoms with Crippen molar-refractivity contribution in [1.82, 2.24) is 0 Å². The molecule has 72 valence electrons. The SMILES string of the molecule is Cc1cc(-c2ccc(Cl)cc2)oc1C. The van der Waals surface area contributed by atoms with E-state index in [1.807, 2.05) is 44.2 Å². The first-order valence-corrected chi connectivity index (χ1v) is 4.87. The van der Waals surface area contributed by atoms with Gasteiger partial charge in [0.15, 0.2) is 0 Å². The molecule has 0 bridgehead atoms. The molecule has 2 heteroatoms. The molecule has 0 saturated carbocycles. The fraction of sp³-hybridized carbons (Fsp3) is 0.167. The Kier molecular flexibility index (Phi) is 2.34. The Labute approximate surface area is 88.3 Å². The van der Waals surface area contributed by atoms with Crippen LogP contribution in [0.2, 0.25) is 5.02 Å². The second-order valence-corrected chi connectivity index (χ2v) is 3.79. The van der Waals surface area contributed by atoms with Gasteiger partial charge in [-0.05, 0) is 49.7 Å². The average Bonchev–Trinajstić information content (AvgIpc) is 2.48. The summed E-state index contributed by atoms with van der Waals surface area (Å²) in [5.41, 5.74) is 2.24. The first kappa shape index (κ1) is 9.35. The van der Waals surface area contributed by atoms with Gasteiger partial charge in [0.1, 0.15) is 11.5 Å². The van der Waals surface area contributed by atoms with E-state index >= 15 is 0 Å². The van der Waals surface area contributed by atoms with Gasteiger partial charge in [-0.3, -0.25) is 0 Å². The van der Waals surface area contributed by atoms with Crippen LogP contribution in [0.3, 0.4) is 0 Å². The highest BCUT2D eigenvalue weighted by Crippen LogP contribution is 2.25. The van der Waals surface area contributed by atoms with Crippen molar-refractivity contribution in [2.75, 3.05) is 0 Å². The summed E-state index contributed by atoms with van der Waals surface area (Å²) >= 11 is 5.80. The molecule has 1 aromatic heterocycles. The monoisotopic (exact) mass is 206 g/mol. The van der Waals surface area contributed by atoms with Gasteiger partial charge in [0.2, 0.25) is 0 Å². The molecule has 0 aliphatic carbocycles. The predicted octanol–water partition coefficient (Wildman–Crippen LogP) is 4.22. The summed E-state index contributed by atoms with van der Waals surface area (Å²) in [6, 6.07) is 9.69. The Morgan fingerprint density at radius 3 is 2.21 bits per heavy atom. The maximum atomic E-state index is 5.80. The Balaban J connectivity index is 2.44. The second-order valence-electron chi connectivity index (χ2n) is 3.36. The van der Waals surface area contributed by atoms with E-state index < -0.39 is 0 Å². The maximum Gasteiger partial charge on any atom is 0.134 e. The van der Waals surface area contributed by atoms with Gasteiger partial charge in [0, 0.05) is 10.6 Å². The van der Waals surface area contributed by atoms with E-state index in [9.17, 15) is 0 Å². The molecule has 0 spiro atoms. The summed E-state index contributed by atoms with van der Waals surface area (Å²) < 4.78 is 5.60. The van der Waals surface area contributed by atoms with Crippen molar-refractivity contribution >= 4 is 11.6 Å². The summed E-state index contributed by atoms with van der Waals surface area (Å²) in [7, 11) is 0. The normalized spacial score (nSPS) is 10.5. The molecule has 0 aliphatic heterocycles. The zero-order chi connectivity index (χ0) is 10.1. The Hall–Kier alpha value is -1.21. The fourth-order valence-corrected chi connectivity index (χ4v) is 1.46. The van der Waals surface area contributed by atoms with Gasteiger partial charge in [-0.25, -0.2) is 0 Å². The second kappa shape index (κ2) is 3.50. The molecule has 1 heterocycles. The van der Waals surface area contributed by atoms with E-state index in [1.165, 1.54) is 5.56 Å². The minimum Gasteiger partial charge on any atom is -0.461 e. The molecule has 2 aromatic rings. The zero-order valence-corrected chi connectivity index (χ0v) is 8.93. The molecule has 0 radical (unpaired) electrons. The lowest BCUT2D eigenvalue weighted by atomic mass is 10.1. The van der Waals surface area contributed by atoms with E-state index in [0.29, 0.717) is 0 Å². The maximum absolute atomic E-state index is 5.80. The van der Waals surface area contributed by atoms with E-state index in [4.69, 9.17) is 16.0 Å². The van der Waals surface area contributed by atoms with Crippen LogP contribution in [-0.2, 0) is 0 Å². The number of aryl methyl sites for hydroxylation is 2. The highest BCUT2D eigenvalue weighted by atomic mass is 35.5. The van der Waals surface area contributed by atoms with Crippen molar-refractivity contribution in [3.05, 3.63) is 46.7 Å². The quantitative estimate of drug-likeness (QED) is 0.681. The molecule has 0 aliphatic rings. The third-order valence-corrected chi connectivity index (χ3v) is 2.55. The third-order valence-electron chi connectivity index (χ3n) is 2.29. The molecule has 14 heavy (non-hydrogen) atoms. The fourth-order valence-electron chi connectivity index (χ4n) is 1.33. The summed E-state index contributed by atoms with van der Waals surface area (Å²) in [4.78, 5) is 0. The minimum absolute atomic E-state index is 0.744. The summed E-state index contributed by atoms with van der Waals surface area (Å²) in [6.45, 7) is 4.01. The molecule has 1 aromatic carbocycles. The van der Waals surface area contributed by atoms with Crippen LogP contribution in [0.15, 0.2) is 34.7 Å². The molecule has 1 nitrogen and oxygen atoms in total. The highest BCUT2D eigenvalue weighted by molar-refractivity contribution is 6.30. The van der Waals surface area contributed by atoms with Crippen molar-refractivity contribution in [1.29, 1.82) is 0 Å². The molecule has 2 rings (SSSR count). The average molecular weight is 207 g/mol. The Morgan fingerprint density at radius 1 is 1.07 bits per heavy atom.